The molecule has 122 valence electrons. The number of aryl methyl sites for hydroxylation is 1. The number of benzene rings is 1. The summed E-state index contributed by atoms with van der Waals surface area (Å²) in [7, 11) is 1.71. The van der Waals surface area contributed by atoms with Gasteiger partial charge in [0.25, 0.3) is 0 Å². The molecule has 2 aromatic heterocycles. The summed E-state index contributed by atoms with van der Waals surface area (Å²) in [6.07, 6.45) is 3.34. The van der Waals surface area contributed by atoms with E-state index in [-0.39, 0.29) is 12.5 Å². The maximum absolute atomic E-state index is 12.2. The van der Waals surface area contributed by atoms with Gasteiger partial charge in [-0.1, -0.05) is 41.1 Å². The van der Waals surface area contributed by atoms with Gasteiger partial charge in [-0.15, -0.1) is 11.3 Å². The van der Waals surface area contributed by atoms with Crippen LogP contribution in [0.5, 0.6) is 0 Å². The first-order chi connectivity index (χ1) is 11.6. The van der Waals surface area contributed by atoms with Gasteiger partial charge in [0.2, 0.25) is 17.6 Å². The predicted molar refractivity (Wildman–Crippen MR) is 94.3 cm³/mol. The molecule has 24 heavy (non-hydrogen) atoms. The van der Waals surface area contributed by atoms with Crippen LogP contribution in [0.15, 0.2) is 52.4 Å². The lowest BCUT2D eigenvalue weighted by Gasteiger charge is -2.11. The number of aromatic nitrogens is 2. The van der Waals surface area contributed by atoms with Gasteiger partial charge in [-0.05, 0) is 30.0 Å². The highest BCUT2D eigenvalue weighted by atomic mass is 32.1. The van der Waals surface area contributed by atoms with Crippen molar-refractivity contribution in [2.75, 3.05) is 7.05 Å². The van der Waals surface area contributed by atoms with Crippen LogP contribution in [0.4, 0.5) is 0 Å². The van der Waals surface area contributed by atoms with E-state index in [9.17, 15) is 4.79 Å². The molecular weight excluding hydrogens is 322 g/mol. The Morgan fingerprint density at radius 3 is 2.79 bits per heavy atom. The second-order valence-corrected chi connectivity index (χ2v) is 6.38. The lowest BCUT2D eigenvalue weighted by atomic mass is 10.1. The zero-order chi connectivity index (χ0) is 16.9. The van der Waals surface area contributed by atoms with Crippen LogP contribution >= 0.6 is 11.3 Å². The van der Waals surface area contributed by atoms with Crippen molar-refractivity contribution in [1.82, 2.24) is 15.0 Å². The Balaban J connectivity index is 1.61. The molecule has 0 fully saturated rings. The minimum atomic E-state index is -0.119. The zero-order valence-corrected chi connectivity index (χ0v) is 14.3. The van der Waals surface area contributed by atoms with Crippen molar-refractivity contribution in [2.24, 2.45) is 0 Å². The van der Waals surface area contributed by atoms with E-state index in [1.54, 1.807) is 30.5 Å². The minimum Gasteiger partial charge on any atom is -0.337 e. The van der Waals surface area contributed by atoms with Crippen LogP contribution in [-0.2, 0) is 11.3 Å². The molecule has 5 nitrogen and oxygen atoms in total. The van der Waals surface area contributed by atoms with Crippen molar-refractivity contribution < 1.29 is 9.32 Å². The Morgan fingerprint density at radius 1 is 1.29 bits per heavy atom. The topological polar surface area (TPSA) is 59.2 Å². The maximum Gasteiger partial charge on any atom is 0.246 e. The van der Waals surface area contributed by atoms with Gasteiger partial charge < -0.3 is 9.42 Å². The SMILES string of the molecule is Cc1ccc(/C=C/C(=O)N(C)Cc2nc(-c3cccs3)no2)cc1. The normalized spacial score (nSPS) is 11.1. The van der Waals surface area contributed by atoms with Crippen molar-refractivity contribution in [1.29, 1.82) is 0 Å². The van der Waals surface area contributed by atoms with Crippen molar-refractivity contribution in [3.05, 3.63) is 64.9 Å². The molecule has 1 amide bonds. The molecule has 0 spiro atoms. The number of rotatable bonds is 5. The first-order valence-corrected chi connectivity index (χ1v) is 8.36. The predicted octanol–water partition coefficient (Wildman–Crippen LogP) is 3.78. The van der Waals surface area contributed by atoms with Crippen molar-refractivity contribution >= 4 is 23.3 Å². The highest BCUT2D eigenvalue weighted by molar-refractivity contribution is 7.13. The van der Waals surface area contributed by atoms with Gasteiger partial charge in [-0.3, -0.25) is 4.79 Å². The van der Waals surface area contributed by atoms with Gasteiger partial charge in [0.1, 0.15) is 0 Å². The van der Waals surface area contributed by atoms with Crippen molar-refractivity contribution in [3.63, 3.8) is 0 Å². The maximum atomic E-state index is 12.2. The average Bonchev–Trinajstić information content (AvgIpc) is 3.25. The van der Waals surface area contributed by atoms with Gasteiger partial charge in [-0.25, -0.2) is 0 Å². The molecule has 1 aromatic carbocycles. The summed E-state index contributed by atoms with van der Waals surface area (Å²) in [6, 6.07) is 11.8. The third kappa shape index (κ3) is 3.97. The molecule has 0 bridgehead atoms. The summed E-state index contributed by atoms with van der Waals surface area (Å²) in [5.41, 5.74) is 2.17. The van der Waals surface area contributed by atoms with Crippen molar-refractivity contribution in [2.45, 2.75) is 13.5 Å². The summed E-state index contributed by atoms with van der Waals surface area (Å²) in [5, 5.41) is 5.90. The molecule has 2 heterocycles. The van der Waals surface area contributed by atoms with E-state index >= 15 is 0 Å². The fourth-order valence-corrected chi connectivity index (χ4v) is 2.73. The lowest BCUT2D eigenvalue weighted by molar-refractivity contribution is -0.125. The molecule has 0 unspecified atom stereocenters. The van der Waals surface area contributed by atoms with Crippen LogP contribution in [0.3, 0.4) is 0 Å². The minimum absolute atomic E-state index is 0.119. The first-order valence-electron chi connectivity index (χ1n) is 7.48. The van der Waals surface area contributed by atoms with E-state index in [0.29, 0.717) is 11.7 Å². The summed E-state index contributed by atoms with van der Waals surface area (Å²) >= 11 is 1.54. The highest BCUT2D eigenvalue weighted by Crippen LogP contribution is 2.21. The Hall–Kier alpha value is -2.73. The van der Waals surface area contributed by atoms with E-state index in [1.165, 1.54) is 10.5 Å². The van der Waals surface area contributed by atoms with Crippen LogP contribution in [0, 0.1) is 6.92 Å². The number of thiophene rings is 1. The van der Waals surface area contributed by atoms with Crippen LogP contribution in [-0.4, -0.2) is 28.0 Å². The number of hydrogen-bond acceptors (Lipinski definition) is 5. The highest BCUT2D eigenvalue weighted by Gasteiger charge is 2.13. The summed E-state index contributed by atoms with van der Waals surface area (Å²) < 4.78 is 5.21. The van der Waals surface area contributed by atoms with Gasteiger partial charge in [-0.2, -0.15) is 4.98 Å². The largest absolute Gasteiger partial charge is 0.337 e. The molecule has 0 saturated carbocycles. The van der Waals surface area contributed by atoms with Crippen LogP contribution in [0.25, 0.3) is 16.8 Å². The molecule has 3 rings (SSSR count). The molecule has 0 aliphatic rings. The molecule has 0 saturated heterocycles. The third-order valence-electron chi connectivity index (χ3n) is 3.45. The Labute approximate surface area is 144 Å². The molecule has 0 radical (unpaired) electrons. The number of likely N-dealkylation sites (N-methyl/N-ethyl adjacent to an activating group) is 1. The van der Waals surface area contributed by atoms with Gasteiger partial charge in [0.05, 0.1) is 11.4 Å². The number of carbonyl (C=O) groups is 1. The summed E-state index contributed by atoms with van der Waals surface area (Å²) in [6.45, 7) is 2.30. The molecule has 0 aliphatic carbocycles. The van der Waals surface area contributed by atoms with E-state index in [0.717, 1.165) is 10.4 Å². The van der Waals surface area contributed by atoms with Crippen LogP contribution < -0.4 is 0 Å². The summed E-state index contributed by atoms with van der Waals surface area (Å²) in [4.78, 5) is 19.0. The number of hydrogen-bond donors (Lipinski definition) is 0. The van der Waals surface area contributed by atoms with Crippen LogP contribution in [0.1, 0.15) is 17.0 Å². The number of carbonyl (C=O) groups excluding carboxylic acids is 1. The van der Waals surface area contributed by atoms with E-state index in [2.05, 4.69) is 10.1 Å². The average molecular weight is 339 g/mol. The standard InChI is InChI=1S/C18H17N3O2S/c1-13-5-7-14(8-6-13)9-10-17(22)21(2)12-16-19-18(20-23-16)15-4-3-11-24-15/h3-11H,12H2,1-2H3/b10-9+. The summed E-state index contributed by atoms with van der Waals surface area (Å²) in [5.74, 6) is 0.848. The molecule has 0 aliphatic heterocycles. The molecule has 0 atom stereocenters. The van der Waals surface area contributed by atoms with E-state index < -0.39 is 0 Å². The second kappa shape index (κ2) is 7.23. The third-order valence-corrected chi connectivity index (χ3v) is 4.32. The molecular formula is C18H17N3O2S. The smallest absolute Gasteiger partial charge is 0.246 e. The quantitative estimate of drug-likeness (QED) is 0.664. The molecule has 6 heteroatoms. The zero-order valence-electron chi connectivity index (χ0n) is 13.5. The fourth-order valence-electron chi connectivity index (χ4n) is 2.08. The Bertz CT molecular complexity index is 836. The number of amides is 1. The monoisotopic (exact) mass is 339 g/mol. The van der Waals surface area contributed by atoms with Crippen molar-refractivity contribution in [3.8, 4) is 10.7 Å². The second-order valence-electron chi connectivity index (χ2n) is 5.43. The number of nitrogens with zero attached hydrogens (tertiary/aromatic N) is 3. The van der Waals surface area contributed by atoms with E-state index in [1.807, 2.05) is 48.7 Å². The van der Waals surface area contributed by atoms with Crippen LogP contribution in [0.2, 0.25) is 0 Å². The fraction of sp³-hybridized carbons (Fsp3) is 0.167. The first kappa shape index (κ1) is 16.1. The Kier molecular flexibility index (Phi) is 4.86. The van der Waals surface area contributed by atoms with Gasteiger partial charge >= 0.3 is 0 Å². The molecule has 3 aromatic rings. The van der Waals surface area contributed by atoms with Gasteiger partial charge in [0.15, 0.2) is 0 Å². The molecule has 0 N–H and O–H groups in total. The lowest BCUT2D eigenvalue weighted by Crippen LogP contribution is -2.24. The van der Waals surface area contributed by atoms with Gasteiger partial charge in [0, 0.05) is 13.1 Å². The Morgan fingerprint density at radius 2 is 2.08 bits per heavy atom. The van der Waals surface area contributed by atoms with E-state index in [4.69, 9.17) is 4.52 Å².